The Balaban J connectivity index is 1.92. The molecule has 0 spiro atoms. The van der Waals surface area contributed by atoms with Crippen LogP contribution in [0, 0.1) is 0 Å². The van der Waals surface area contributed by atoms with Gasteiger partial charge in [0.15, 0.2) is 0 Å². The number of para-hydroxylation sites is 1. The van der Waals surface area contributed by atoms with Crippen LogP contribution in [0.25, 0.3) is 0 Å². The molecule has 1 aromatic heterocycles. The predicted molar refractivity (Wildman–Crippen MR) is 101 cm³/mol. The highest BCUT2D eigenvalue weighted by Gasteiger charge is 2.24. The molecule has 3 rings (SSSR count). The van der Waals surface area contributed by atoms with E-state index in [0.717, 1.165) is 0 Å². The molecule has 0 bridgehead atoms. The zero-order chi connectivity index (χ0) is 18.6. The number of sulfonamides is 1. The zero-order valence-corrected chi connectivity index (χ0v) is 15.5. The molecule has 7 nitrogen and oxygen atoms in total. The Labute approximate surface area is 155 Å². The quantitative estimate of drug-likeness (QED) is 0.701. The highest BCUT2D eigenvalue weighted by Crippen LogP contribution is 2.24. The van der Waals surface area contributed by atoms with Crippen LogP contribution in [0.3, 0.4) is 0 Å². The predicted octanol–water partition coefficient (Wildman–Crippen LogP) is 3.01. The van der Waals surface area contributed by atoms with Crippen LogP contribution in [0.2, 0.25) is 0 Å². The van der Waals surface area contributed by atoms with Gasteiger partial charge in [0.25, 0.3) is 15.9 Å². The van der Waals surface area contributed by atoms with Crippen LogP contribution >= 0.6 is 11.3 Å². The lowest BCUT2D eigenvalue weighted by Crippen LogP contribution is -2.30. The number of carbonyl (C=O) groups is 1. The van der Waals surface area contributed by atoms with E-state index in [0.29, 0.717) is 10.8 Å². The minimum atomic E-state index is -3.79. The molecule has 0 fully saturated rings. The number of aromatic nitrogens is 2. The molecule has 0 saturated heterocycles. The Kier molecular flexibility index (Phi) is 5.29. The van der Waals surface area contributed by atoms with Crippen LogP contribution in [0.4, 0.5) is 10.8 Å². The monoisotopic (exact) mass is 388 g/mol. The van der Waals surface area contributed by atoms with Crippen molar-refractivity contribution in [2.45, 2.75) is 11.8 Å². The Morgan fingerprint density at radius 2 is 1.92 bits per heavy atom. The van der Waals surface area contributed by atoms with E-state index in [1.807, 2.05) is 6.07 Å². The SMILES string of the molecule is CCN(c1ccccc1)S(=O)(=O)c1cccc(C(=O)Nc2nncs2)c1. The lowest BCUT2D eigenvalue weighted by Gasteiger charge is -2.23. The molecule has 0 aliphatic carbocycles. The van der Waals surface area contributed by atoms with Gasteiger partial charge in [0.1, 0.15) is 5.51 Å². The van der Waals surface area contributed by atoms with Crippen molar-refractivity contribution in [1.29, 1.82) is 0 Å². The average molecular weight is 388 g/mol. The summed E-state index contributed by atoms with van der Waals surface area (Å²) in [6.07, 6.45) is 0. The van der Waals surface area contributed by atoms with Crippen molar-refractivity contribution < 1.29 is 13.2 Å². The molecule has 1 N–H and O–H groups in total. The first-order chi connectivity index (χ1) is 12.5. The van der Waals surface area contributed by atoms with E-state index in [1.54, 1.807) is 43.3 Å². The van der Waals surface area contributed by atoms with Crippen molar-refractivity contribution in [2.75, 3.05) is 16.2 Å². The van der Waals surface area contributed by atoms with Crippen LogP contribution in [0.1, 0.15) is 17.3 Å². The molecule has 0 aliphatic heterocycles. The van der Waals surface area contributed by atoms with Gasteiger partial charge in [0.2, 0.25) is 5.13 Å². The van der Waals surface area contributed by atoms with Gasteiger partial charge in [-0.25, -0.2) is 8.42 Å². The van der Waals surface area contributed by atoms with Gasteiger partial charge in [-0.3, -0.25) is 14.4 Å². The third-order valence-electron chi connectivity index (χ3n) is 3.60. The number of rotatable bonds is 6. The number of nitrogens with one attached hydrogen (secondary N) is 1. The number of hydrogen-bond donors (Lipinski definition) is 1. The van der Waals surface area contributed by atoms with Gasteiger partial charge < -0.3 is 0 Å². The van der Waals surface area contributed by atoms with E-state index in [9.17, 15) is 13.2 Å². The summed E-state index contributed by atoms with van der Waals surface area (Å²) in [7, 11) is -3.79. The summed E-state index contributed by atoms with van der Waals surface area (Å²) in [6.45, 7) is 2.03. The van der Waals surface area contributed by atoms with Gasteiger partial charge in [-0.15, -0.1) is 10.2 Å². The molecule has 1 amide bonds. The first kappa shape index (κ1) is 18.0. The molecule has 134 valence electrons. The standard InChI is InChI=1S/C17H16N4O3S2/c1-2-21(14-8-4-3-5-9-14)26(23,24)15-10-6-7-13(11-15)16(22)19-17-20-18-12-25-17/h3-12H,2H2,1H3,(H,19,20,22). The lowest BCUT2D eigenvalue weighted by molar-refractivity contribution is 0.102. The van der Waals surface area contributed by atoms with Gasteiger partial charge in [-0.05, 0) is 37.3 Å². The van der Waals surface area contributed by atoms with Crippen molar-refractivity contribution >= 4 is 38.1 Å². The molecule has 0 unspecified atom stereocenters. The van der Waals surface area contributed by atoms with Crippen molar-refractivity contribution in [2.24, 2.45) is 0 Å². The van der Waals surface area contributed by atoms with Crippen molar-refractivity contribution in [1.82, 2.24) is 10.2 Å². The van der Waals surface area contributed by atoms with E-state index in [4.69, 9.17) is 0 Å². The van der Waals surface area contributed by atoms with Crippen molar-refractivity contribution in [3.8, 4) is 0 Å². The maximum Gasteiger partial charge on any atom is 0.264 e. The maximum atomic E-state index is 13.0. The number of benzene rings is 2. The van der Waals surface area contributed by atoms with Gasteiger partial charge in [-0.1, -0.05) is 35.6 Å². The summed E-state index contributed by atoms with van der Waals surface area (Å²) < 4.78 is 27.4. The summed E-state index contributed by atoms with van der Waals surface area (Å²) in [6, 6.07) is 14.8. The van der Waals surface area contributed by atoms with E-state index in [1.165, 1.54) is 33.3 Å². The topological polar surface area (TPSA) is 92.3 Å². The second-order valence-corrected chi connectivity index (χ2v) is 7.93. The van der Waals surface area contributed by atoms with E-state index in [-0.39, 0.29) is 17.0 Å². The molecule has 0 saturated carbocycles. The fraction of sp³-hybridized carbons (Fsp3) is 0.118. The minimum absolute atomic E-state index is 0.0492. The molecule has 9 heteroatoms. The molecule has 0 atom stereocenters. The second-order valence-electron chi connectivity index (χ2n) is 5.23. The van der Waals surface area contributed by atoms with E-state index >= 15 is 0 Å². The third kappa shape index (κ3) is 3.73. The van der Waals surface area contributed by atoms with Crippen LogP contribution in [-0.4, -0.2) is 31.1 Å². The Bertz CT molecular complexity index is 990. The Morgan fingerprint density at radius 1 is 1.15 bits per heavy atom. The lowest BCUT2D eigenvalue weighted by atomic mass is 10.2. The van der Waals surface area contributed by atoms with Crippen LogP contribution < -0.4 is 9.62 Å². The first-order valence-electron chi connectivity index (χ1n) is 7.77. The summed E-state index contributed by atoms with van der Waals surface area (Å²) in [4.78, 5) is 12.4. The molecular formula is C17H16N4O3S2. The van der Waals surface area contributed by atoms with Gasteiger partial charge in [0.05, 0.1) is 10.6 Å². The minimum Gasteiger partial charge on any atom is -0.296 e. The summed E-state index contributed by atoms with van der Waals surface area (Å²) in [5.41, 5.74) is 2.29. The van der Waals surface area contributed by atoms with Gasteiger partial charge in [-0.2, -0.15) is 0 Å². The summed E-state index contributed by atoms with van der Waals surface area (Å²) in [5, 5.41) is 10.3. The van der Waals surface area contributed by atoms with E-state index in [2.05, 4.69) is 15.5 Å². The third-order valence-corrected chi connectivity index (χ3v) is 6.10. The number of nitrogens with zero attached hydrogens (tertiary/aromatic N) is 3. The van der Waals surface area contributed by atoms with Gasteiger partial charge in [0, 0.05) is 12.1 Å². The normalized spacial score (nSPS) is 11.1. The molecule has 2 aromatic carbocycles. The summed E-state index contributed by atoms with van der Waals surface area (Å²) in [5.74, 6) is -0.443. The second kappa shape index (κ2) is 7.63. The molecule has 3 aromatic rings. The van der Waals surface area contributed by atoms with Crippen LogP contribution in [-0.2, 0) is 10.0 Å². The van der Waals surface area contributed by atoms with Crippen LogP contribution in [0.15, 0.2) is 65.0 Å². The average Bonchev–Trinajstić information content (AvgIpc) is 3.16. The number of amides is 1. The first-order valence-corrected chi connectivity index (χ1v) is 10.1. The fourth-order valence-electron chi connectivity index (χ4n) is 2.41. The highest BCUT2D eigenvalue weighted by molar-refractivity contribution is 7.92. The molecule has 0 aliphatic rings. The van der Waals surface area contributed by atoms with E-state index < -0.39 is 15.9 Å². The number of hydrogen-bond acceptors (Lipinski definition) is 6. The molecule has 26 heavy (non-hydrogen) atoms. The Hall–Kier alpha value is -2.78. The fourth-order valence-corrected chi connectivity index (χ4v) is 4.37. The zero-order valence-electron chi connectivity index (χ0n) is 13.9. The summed E-state index contributed by atoms with van der Waals surface area (Å²) >= 11 is 1.18. The highest BCUT2D eigenvalue weighted by atomic mass is 32.2. The molecule has 1 heterocycles. The van der Waals surface area contributed by atoms with Crippen molar-refractivity contribution in [3.05, 3.63) is 65.7 Å². The van der Waals surface area contributed by atoms with Crippen molar-refractivity contribution in [3.63, 3.8) is 0 Å². The molecular weight excluding hydrogens is 372 g/mol. The van der Waals surface area contributed by atoms with Crippen LogP contribution in [0.5, 0.6) is 0 Å². The number of carbonyl (C=O) groups excluding carboxylic acids is 1. The Morgan fingerprint density at radius 3 is 2.58 bits per heavy atom. The van der Waals surface area contributed by atoms with Gasteiger partial charge >= 0.3 is 0 Å². The number of anilines is 2. The largest absolute Gasteiger partial charge is 0.296 e. The maximum absolute atomic E-state index is 13.0. The molecule has 0 radical (unpaired) electrons. The smallest absolute Gasteiger partial charge is 0.264 e.